The first-order valence-electron chi connectivity index (χ1n) is 7.12. The summed E-state index contributed by atoms with van der Waals surface area (Å²) in [5.41, 5.74) is 6.59. The fourth-order valence-electron chi connectivity index (χ4n) is 2.35. The lowest BCUT2D eigenvalue weighted by Crippen LogP contribution is -2.07. The Bertz CT molecular complexity index is 895. The first kappa shape index (κ1) is 14.8. The zero-order chi connectivity index (χ0) is 16.4. The first-order valence-corrected chi connectivity index (χ1v) is 7.12. The highest BCUT2D eigenvalue weighted by molar-refractivity contribution is 5.99. The molecule has 0 spiro atoms. The smallest absolute Gasteiger partial charge is 0.335 e. The monoisotopic (exact) mass is 308 g/mol. The Labute approximate surface area is 133 Å². The lowest BCUT2D eigenvalue weighted by Gasteiger charge is -2.04. The van der Waals surface area contributed by atoms with Crippen molar-refractivity contribution in [2.75, 3.05) is 5.43 Å². The van der Waals surface area contributed by atoms with Crippen LogP contribution in [0.15, 0.2) is 53.6 Å². The van der Waals surface area contributed by atoms with Gasteiger partial charge in [-0.3, -0.25) is 5.43 Å². The van der Waals surface area contributed by atoms with Gasteiger partial charge in [-0.2, -0.15) is 5.10 Å². The fourth-order valence-corrected chi connectivity index (χ4v) is 2.35. The number of anilines is 1. The minimum Gasteiger partial charge on any atom is -0.478 e. The molecule has 0 aliphatic rings. The molecule has 116 valence electrons. The molecule has 0 amide bonds. The van der Waals surface area contributed by atoms with Crippen LogP contribution >= 0.6 is 0 Å². The third-order valence-corrected chi connectivity index (χ3v) is 3.60. The number of carbonyl (C=O) groups is 1. The third kappa shape index (κ3) is 2.91. The van der Waals surface area contributed by atoms with Gasteiger partial charge in [-0.1, -0.05) is 12.1 Å². The summed E-state index contributed by atoms with van der Waals surface area (Å²) in [7, 11) is 1.95. The second kappa shape index (κ2) is 5.92. The van der Waals surface area contributed by atoms with Gasteiger partial charge in [0.15, 0.2) is 5.82 Å². The van der Waals surface area contributed by atoms with Crippen LogP contribution < -0.4 is 5.43 Å². The van der Waals surface area contributed by atoms with E-state index in [0.29, 0.717) is 5.69 Å². The number of imidazole rings is 1. The Balaban J connectivity index is 1.84. The predicted molar refractivity (Wildman–Crippen MR) is 89.9 cm³/mol. The number of para-hydroxylation sites is 2. The number of aromatic carboxylic acids is 1. The molecular formula is C17H16N4O2. The maximum absolute atomic E-state index is 10.8. The summed E-state index contributed by atoms with van der Waals surface area (Å²) in [5.74, 6) is -0.170. The van der Waals surface area contributed by atoms with Crippen LogP contribution in [0, 0.1) is 0 Å². The average Bonchev–Trinajstić information content (AvgIpc) is 2.90. The number of nitrogens with zero attached hydrogens (tertiary/aromatic N) is 3. The van der Waals surface area contributed by atoms with Crippen LogP contribution in [-0.2, 0) is 7.05 Å². The van der Waals surface area contributed by atoms with Crippen molar-refractivity contribution < 1.29 is 9.90 Å². The number of nitrogens with one attached hydrogen (secondary N) is 1. The summed E-state index contributed by atoms with van der Waals surface area (Å²) in [6.45, 7) is 1.87. The molecule has 1 heterocycles. The normalized spacial score (nSPS) is 11.7. The van der Waals surface area contributed by atoms with Crippen molar-refractivity contribution in [2.45, 2.75) is 6.92 Å². The van der Waals surface area contributed by atoms with E-state index in [1.54, 1.807) is 12.1 Å². The number of carboxylic acids is 1. The summed E-state index contributed by atoms with van der Waals surface area (Å²) in [6, 6.07) is 14.3. The molecule has 6 heteroatoms. The Hall–Kier alpha value is -3.15. The summed E-state index contributed by atoms with van der Waals surface area (Å²) >= 11 is 0. The van der Waals surface area contributed by atoms with E-state index in [1.807, 2.05) is 42.8 Å². The standard InChI is InChI=1S/C17H16N4O2/c1-11(16-18-14-5-3-4-6-15(14)21(16)2)19-20-13-9-7-12(8-10-13)17(22)23/h3-10,20H,1-2H3,(H,22,23)/b19-11+. The molecule has 0 saturated heterocycles. The predicted octanol–water partition coefficient (Wildman–Crippen LogP) is 3.11. The molecular weight excluding hydrogens is 292 g/mol. The maximum Gasteiger partial charge on any atom is 0.335 e. The number of hydrazone groups is 1. The number of carboxylic acid groups (broad SMARTS) is 1. The molecule has 0 saturated carbocycles. The van der Waals surface area contributed by atoms with Gasteiger partial charge in [0.25, 0.3) is 0 Å². The van der Waals surface area contributed by atoms with Crippen molar-refractivity contribution in [3.63, 3.8) is 0 Å². The average molecular weight is 308 g/mol. The highest BCUT2D eigenvalue weighted by Crippen LogP contribution is 2.15. The molecule has 1 aromatic heterocycles. The lowest BCUT2D eigenvalue weighted by molar-refractivity contribution is 0.0697. The maximum atomic E-state index is 10.8. The minimum absolute atomic E-state index is 0.242. The number of rotatable bonds is 4. The molecule has 0 atom stereocenters. The van der Waals surface area contributed by atoms with Gasteiger partial charge in [-0.15, -0.1) is 0 Å². The van der Waals surface area contributed by atoms with Gasteiger partial charge in [0.2, 0.25) is 0 Å². The van der Waals surface area contributed by atoms with E-state index in [-0.39, 0.29) is 5.56 Å². The molecule has 23 heavy (non-hydrogen) atoms. The second-order valence-corrected chi connectivity index (χ2v) is 5.17. The van der Waals surface area contributed by atoms with Crippen molar-refractivity contribution >= 4 is 28.4 Å². The molecule has 0 bridgehead atoms. The van der Waals surface area contributed by atoms with E-state index in [1.165, 1.54) is 12.1 Å². The van der Waals surface area contributed by atoms with Crippen LogP contribution in [0.4, 0.5) is 5.69 Å². The van der Waals surface area contributed by atoms with Crippen LogP contribution in [-0.4, -0.2) is 26.3 Å². The largest absolute Gasteiger partial charge is 0.478 e. The number of hydrogen-bond acceptors (Lipinski definition) is 4. The number of hydrogen-bond donors (Lipinski definition) is 2. The topological polar surface area (TPSA) is 79.5 Å². The molecule has 6 nitrogen and oxygen atoms in total. The van der Waals surface area contributed by atoms with Crippen LogP contribution in [0.25, 0.3) is 11.0 Å². The minimum atomic E-state index is -0.948. The van der Waals surface area contributed by atoms with Gasteiger partial charge >= 0.3 is 5.97 Å². The quantitative estimate of drug-likeness (QED) is 0.573. The highest BCUT2D eigenvalue weighted by atomic mass is 16.4. The van der Waals surface area contributed by atoms with E-state index < -0.39 is 5.97 Å². The van der Waals surface area contributed by atoms with Crippen molar-refractivity contribution in [1.29, 1.82) is 0 Å². The number of aromatic nitrogens is 2. The number of aryl methyl sites for hydroxylation is 1. The third-order valence-electron chi connectivity index (χ3n) is 3.60. The molecule has 0 fully saturated rings. The molecule has 2 aromatic carbocycles. The van der Waals surface area contributed by atoms with Gasteiger partial charge in [-0.25, -0.2) is 9.78 Å². The zero-order valence-electron chi connectivity index (χ0n) is 12.8. The molecule has 3 rings (SSSR count). The van der Waals surface area contributed by atoms with E-state index in [4.69, 9.17) is 5.11 Å². The van der Waals surface area contributed by atoms with Crippen molar-refractivity contribution in [2.24, 2.45) is 12.1 Å². The van der Waals surface area contributed by atoms with E-state index in [2.05, 4.69) is 15.5 Å². The van der Waals surface area contributed by atoms with E-state index >= 15 is 0 Å². The number of benzene rings is 2. The Morgan fingerprint density at radius 1 is 1.17 bits per heavy atom. The fraction of sp³-hybridized carbons (Fsp3) is 0.118. The molecule has 0 radical (unpaired) electrons. The van der Waals surface area contributed by atoms with Gasteiger partial charge in [0, 0.05) is 7.05 Å². The Kier molecular flexibility index (Phi) is 3.80. The van der Waals surface area contributed by atoms with Gasteiger partial charge < -0.3 is 9.67 Å². The second-order valence-electron chi connectivity index (χ2n) is 5.17. The van der Waals surface area contributed by atoms with E-state index in [9.17, 15) is 4.79 Å². The number of fused-ring (bicyclic) bond motifs is 1. The molecule has 2 N–H and O–H groups in total. The summed E-state index contributed by atoms with van der Waals surface area (Å²) in [5, 5.41) is 13.2. The molecule has 0 aliphatic carbocycles. The lowest BCUT2D eigenvalue weighted by atomic mass is 10.2. The highest BCUT2D eigenvalue weighted by Gasteiger charge is 2.09. The van der Waals surface area contributed by atoms with Crippen LogP contribution in [0.3, 0.4) is 0 Å². The Morgan fingerprint density at radius 2 is 1.87 bits per heavy atom. The molecule has 3 aromatic rings. The van der Waals surface area contributed by atoms with Crippen LogP contribution in [0.5, 0.6) is 0 Å². The molecule has 0 unspecified atom stereocenters. The van der Waals surface area contributed by atoms with Gasteiger partial charge in [0.05, 0.1) is 22.3 Å². The van der Waals surface area contributed by atoms with Gasteiger partial charge in [0.1, 0.15) is 5.71 Å². The van der Waals surface area contributed by atoms with Crippen LogP contribution in [0.2, 0.25) is 0 Å². The van der Waals surface area contributed by atoms with E-state index in [0.717, 1.165) is 22.6 Å². The SMILES string of the molecule is C/C(=N\Nc1ccc(C(=O)O)cc1)c1nc2ccccc2n1C. The summed E-state index contributed by atoms with van der Waals surface area (Å²) in [6.07, 6.45) is 0. The van der Waals surface area contributed by atoms with Crippen LogP contribution in [0.1, 0.15) is 23.1 Å². The summed E-state index contributed by atoms with van der Waals surface area (Å²) < 4.78 is 1.99. The first-order chi connectivity index (χ1) is 11.1. The van der Waals surface area contributed by atoms with Crippen molar-refractivity contribution in [1.82, 2.24) is 9.55 Å². The Morgan fingerprint density at radius 3 is 2.52 bits per heavy atom. The zero-order valence-corrected chi connectivity index (χ0v) is 12.8. The van der Waals surface area contributed by atoms with Crippen molar-refractivity contribution in [3.05, 3.63) is 59.9 Å². The van der Waals surface area contributed by atoms with Gasteiger partial charge in [-0.05, 0) is 43.3 Å². The summed E-state index contributed by atoms with van der Waals surface area (Å²) in [4.78, 5) is 15.4. The molecule has 0 aliphatic heterocycles. The van der Waals surface area contributed by atoms with Crippen molar-refractivity contribution in [3.8, 4) is 0 Å².